The highest BCUT2D eigenvalue weighted by atomic mass is 16.1. The van der Waals surface area contributed by atoms with E-state index in [0.29, 0.717) is 5.82 Å². The molecule has 2 aromatic heterocycles. The summed E-state index contributed by atoms with van der Waals surface area (Å²) in [5.74, 6) is 0.898. The molecular weight excluding hydrogens is 342 g/mol. The number of nitrogens with zero attached hydrogens (tertiary/aromatic N) is 6. The number of amides is 1. The van der Waals surface area contributed by atoms with Crippen LogP contribution in [0.25, 0.3) is 0 Å². The van der Waals surface area contributed by atoms with Crippen LogP contribution in [0.1, 0.15) is 10.5 Å². The first kappa shape index (κ1) is 16.9. The smallest absolute Gasteiger partial charge is 0.277 e. The highest BCUT2D eigenvalue weighted by Gasteiger charge is 2.19. The molecule has 4 rings (SSSR count). The minimum Gasteiger partial charge on any atom is -0.368 e. The van der Waals surface area contributed by atoms with Gasteiger partial charge in [0.25, 0.3) is 5.91 Å². The lowest BCUT2D eigenvalue weighted by molar-refractivity contribution is 0.102. The van der Waals surface area contributed by atoms with Crippen molar-refractivity contribution in [1.29, 1.82) is 0 Å². The SMILES string of the molecule is O=C(Nc1cc(N2CCN(c3ccccc3)CC2)ncn1)c1cnccn1. The number of nitrogens with one attached hydrogen (secondary N) is 1. The number of aromatic nitrogens is 4. The maximum atomic E-state index is 12.2. The van der Waals surface area contributed by atoms with Crippen LogP contribution in [0.3, 0.4) is 0 Å². The highest BCUT2D eigenvalue weighted by molar-refractivity contribution is 6.02. The van der Waals surface area contributed by atoms with Crippen LogP contribution >= 0.6 is 0 Å². The van der Waals surface area contributed by atoms with E-state index in [1.54, 1.807) is 6.07 Å². The van der Waals surface area contributed by atoms with Crippen molar-refractivity contribution in [3.05, 3.63) is 67.0 Å². The summed E-state index contributed by atoms with van der Waals surface area (Å²) in [6.07, 6.45) is 5.88. The van der Waals surface area contributed by atoms with Crippen molar-refractivity contribution in [3.8, 4) is 0 Å². The number of hydrogen-bond acceptors (Lipinski definition) is 7. The number of carbonyl (C=O) groups excluding carboxylic acids is 1. The molecule has 1 aliphatic heterocycles. The van der Waals surface area contributed by atoms with Crippen LogP contribution in [-0.2, 0) is 0 Å². The minimum absolute atomic E-state index is 0.245. The Morgan fingerprint density at radius 3 is 2.44 bits per heavy atom. The predicted octanol–water partition coefficient (Wildman–Crippen LogP) is 1.85. The number of benzene rings is 1. The molecular formula is C19H19N7O. The lowest BCUT2D eigenvalue weighted by Gasteiger charge is -2.36. The van der Waals surface area contributed by atoms with E-state index in [9.17, 15) is 4.79 Å². The van der Waals surface area contributed by atoms with Gasteiger partial charge in [0.2, 0.25) is 0 Å². The molecule has 1 N–H and O–H groups in total. The van der Waals surface area contributed by atoms with Gasteiger partial charge in [0.1, 0.15) is 23.7 Å². The van der Waals surface area contributed by atoms with Crippen LogP contribution in [0.5, 0.6) is 0 Å². The van der Waals surface area contributed by atoms with Gasteiger partial charge in [0.05, 0.1) is 6.20 Å². The molecule has 0 unspecified atom stereocenters. The van der Waals surface area contributed by atoms with Gasteiger partial charge < -0.3 is 15.1 Å². The molecule has 8 nitrogen and oxygen atoms in total. The second kappa shape index (κ2) is 7.77. The summed E-state index contributed by atoms with van der Waals surface area (Å²) >= 11 is 0. The Kier molecular flexibility index (Phi) is 4.86. The molecule has 1 amide bonds. The van der Waals surface area contributed by atoms with Crippen LogP contribution < -0.4 is 15.1 Å². The Bertz CT molecular complexity index is 896. The summed E-state index contributed by atoms with van der Waals surface area (Å²) in [7, 11) is 0. The Balaban J connectivity index is 1.40. The van der Waals surface area contributed by atoms with E-state index < -0.39 is 0 Å². The van der Waals surface area contributed by atoms with Crippen molar-refractivity contribution in [2.45, 2.75) is 0 Å². The van der Waals surface area contributed by atoms with E-state index in [2.05, 4.69) is 59.3 Å². The summed E-state index contributed by atoms with van der Waals surface area (Å²) in [5.41, 5.74) is 1.48. The topological polar surface area (TPSA) is 87.1 Å². The first-order valence-corrected chi connectivity index (χ1v) is 8.74. The molecule has 0 saturated carbocycles. The van der Waals surface area contributed by atoms with Gasteiger partial charge in [-0.05, 0) is 12.1 Å². The number of carbonyl (C=O) groups is 1. The summed E-state index contributed by atoms with van der Waals surface area (Å²) < 4.78 is 0. The Labute approximate surface area is 156 Å². The van der Waals surface area contributed by atoms with E-state index in [0.717, 1.165) is 32.0 Å². The molecule has 8 heteroatoms. The normalized spacial score (nSPS) is 14.1. The van der Waals surface area contributed by atoms with Gasteiger partial charge in [-0.2, -0.15) is 0 Å². The molecule has 3 aromatic rings. The molecule has 1 fully saturated rings. The third kappa shape index (κ3) is 4.00. The molecule has 0 aliphatic carbocycles. The lowest BCUT2D eigenvalue weighted by atomic mass is 10.2. The second-order valence-corrected chi connectivity index (χ2v) is 6.12. The highest BCUT2D eigenvalue weighted by Crippen LogP contribution is 2.20. The van der Waals surface area contributed by atoms with Gasteiger partial charge in [-0.25, -0.2) is 15.0 Å². The monoisotopic (exact) mass is 361 g/mol. The molecule has 136 valence electrons. The molecule has 0 bridgehead atoms. The standard InChI is InChI=1S/C19H19N7O/c27-19(16-13-20-6-7-21-16)24-17-12-18(23-14-22-17)26-10-8-25(9-11-26)15-4-2-1-3-5-15/h1-7,12-14H,8-11H2,(H,22,23,24,27). The van der Waals surface area contributed by atoms with E-state index in [-0.39, 0.29) is 11.6 Å². The van der Waals surface area contributed by atoms with Crippen LogP contribution in [0, 0.1) is 0 Å². The largest absolute Gasteiger partial charge is 0.368 e. The average Bonchev–Trinajstić information content (AvgIpc) is 2.75. The van der Waals surface area contributed by atoms with Gasteiger partial charge in [0, 0.05) is 50.3 Å². The van der Waals surface area contributed by atoms with Gasteiger partial charge in [-0.1, -0.05) is 18.2 Å². The Morgan fingerprint density at radius 2 is 1.70 bits per heavy atom. The molecule has 0 spiro atoms. The number of para-hydroxylation sites is 1. The Hall–Kier alpha value is -3.55. The molecule has 3 heterocycles. The van der Waals surface area contributed by atoms with Crippen LogP contribution in [0.4, 0.5) is 17.3 Å². The first-order chi connectivity index (χ1) is 13.3. The van der Waals surface area contributed by atoms with Crippen molar-refractivity contribution in [3.63, 3.8) is 0 Å². The molecule has 1 aromatic carbocycles. The third-order valence-electron chi connectivity index (χ3n) is 4.42. The molecule has 1 aliphatic rings. The van der Waals surface area contributed by atoms with E-state index in [1.807, 2.05) is 6.07 Å². The van der Waals surface area contributed by atoms with Crippen LogP contribution in [0.15, 0.2) is 61.3 Å². The van der Waals surface area contributed by atoms with Gasteiger partial charge in [-0.15, -0.1) is 0 Å². The summed E-state index contributed by atoms with van der Waals surface area (Å²) in [6.45, 7) is 3.53. The number of piperazine rings is 1. The lowest BCUT2D eigenvalue weighted by Crippen LogP contribution is -2.46. The van der Waals surface area contributed by atoms with E-state index >= 15 is 0 Å². The van der Waals surface area contributed by atoms with Crippen molar-refractivity contribution in [2.24, 2.45) is 0 Å². The number of hydrogen-bond donors (Lipinski definition) is 1. The quantitative estimate of drug-likeness (QED) is 0.759. The molecule has 27 heavy (non-hydrogen) atoms. The summed E-state index contributed by atoms with van der Waals surface area (Å²) in [4.78, 5) is 33.1. The first-order valence-electron chi connectivity index (χ1n) is 8.74. The summed E-state index contributed by atoms with van der Waals surface area (Å²) in [5, 5.41) is 2.74. The van der Waals surface area contributed by atoms with Crippen LogP contribution in [0.2, 0.25) is 0 Å². The van der Waals surface area contributed by atoms with Crippen molar-refractivity contribution >= 4 is 23.2 Å². The average molecular weight is 361 g/mol. The number of anilines is 3. The fourth-order valence-electron chi connectivity index (χ4n) is 3.02. The maximum Gasteiger partial charge on any atom is 0.277 e. The minimum atomic E-state index is -0.346. The van der Waals surface area contributed by atoms with Crippen LogP contribution in [-0.4, -0.2) is 52.0 Å². The summed E-state index contributed by atoms with van der Waals surface area (Å²) in [6, 6.07) is 12.2. The second-order valence-electron chi connectivity index (χ2n) is 6.12. The number of rotatable bonds is 4. The molecule has 1 saturated heterocycles. The third-order valence-corrected chi connectivity index (χ3v) is 4.42. The zero-order chi connectivity index (χ0) is 18.5. The fourth-order valence-corrected chi connectivity index (χ4v) is 3.02. The predicted molar refractivity (Wildman–Crippen MR) is 103 cm³/mol. The van der Waals surface area contributed by atoms with Gasteiger partial charge in [0.15, 0.2) is 0 Å². The maximum absolute atomic E-state index is 12.2. The zero-order valence-electron chi connectivity index (χ0n) is 14.7. The molecule has 0 atom stereocenters. The van der Waals surface area contributed by atoms with Crippen molar-refractivity contribution < 1.29 is 4.79 Å². The fraction of sp³-hybridized carbons (Fsp3) is 0.211. The van der Waals surface area contributed by atoms with E-state index in [1.165, 1.54) is 30.6 Å². The van der Waals surface area contributed by atoms with Crippen molar-refractivity contribution in [2.75, 3.05) is 41.3 Å². The zero-order valence-corrected chi connectivity index (χ0v) is 14.7. The van der Waals surface area contributed by atoms with Gasteiger partial charge >= 0.3 is 0 Å². The van der Waals surface area contributed by atoms with E-state index in [4.69, 9.17) is 0 Å². The molecule has 0 radical (unpaired) electrons. The van der Waals surface area contributed by atoms with Crippen molar-refractivity contribution in [1.82, 2.24) is 19.9 Å². The van der Waals surface area contributed by atoms with Gasteiger partial charge in [-0.3, -0.25) is 9.78 Å². The Morgan fingerprint density at radius 1 is 0.926 bits per heavy atom.